The van der Waals surface area contributed by atoms with Gasteiger partial charge in [0.1, 0.15) is 4.90 Å². The zero-order valence-corrected chi connectivity index (χ0v) is 21.8. The lowest BCUT2D eigenvalue weighted by Gasteiger charge is -2.36. The zero-order valence-electron chi connectivity index (χ0n) is 21.0. The largest absolute Gasteiger partial charge is 0.368 e. The minimum Gasteiger partial charge on any atom is -0.368 e. The summed E-state index contributed by atoms with van der Waals surface area (Å²) in [6.07, 6.45) is 1.57. The smallest absolute Gasteiger partial charge is 0.264 e. The summed E-state index contributed by atoms with van der Waals surface area (Å²) in [6.45, 7) is 7.18. The standard InChI is InChI=1S/C29H30N4O3S/c1-21(2)24-7-3-9-26(20-24)32-16-18-33(19-17-32)29(34)23-11-13-25(14-12-23)31-37(35,36)27-10-4-6-22-8-5-15-30-28(22)27/h3-15,20-21,31H,16-19H2,1-2H3. The van der Waals surface area contributed by atoms with Crippen molar-refractivity contribution < 1.29 is 13.2 Å². The molecule has 0 radical (unpaired) electrons. The van der Waals surface area contributed by atoms with Crippen molar-refractivity contribution in [3.05, 3.63) is 96.2 Å². The Kier molecular flexibility index (Phi) is 6.84. The quantitative estimate of drug-likeness (QED) is 0.386. The average Bonchev–Trinajstić information content (AvgIpc) is 2.92. The van der Waals surface area contributed by atoms with Gasteiger partial charge >= 0.3 is 0 Å². The van der Waals surface area contributed by atoms with E-state index >= 15 is 0 Å². The van der Waals surface area contributed by atoms with Crippen molar-refractivity contribution in [1.82, 2.24) is 9.88 Å². The fraction of sp³-hybridized carbons (Fsp3) is 0.241. The average molecular weight is 515 g/mol. The van der Waals surface area contributed by atoms with Gasteiger partial charge in [0.25, 0.3) is 15.9 Å². The lowest BCUT2D eigenvalue weighted by molar-refractivity contribution is 0.0747. The van der Waals surface area contributed by atoms with E-state index in [9.17, 15) is 13.2 Å². The number of nitrogens with one attached hydrogen (secondary N) is 1. The number of hydrogen-bond donors (Lipinski definition) is 1. The first-order valence-corrected chi connectivity index (χ1v) is 13.9. The van der Waals surface area contributed by atoms with Crippen LogP contribution < -0.4 is 9.62 Å². The Morgan fingerprint density at radius 2 is 1.59 bits per heavy atom. The van der Waals surface area contributed by atoms with E-state index in [1.807, 2.05) is 17.0 Å². The van der Waals surface area contributed by atoms with Crippen molar-refractivity contribution in [1.29, 1.82) is 0 Å². The number of carbonyl (C=O) groups is 1. The number of aromatic nitrogens is 1. The van der Waals surface area contributed by atoms with Crippen LogP contribution in [0.4, 0.5) is 11.4 Å². The number of fused-ring (bicyclic) bond motifs is 1. The summed E-state index contributed by atoms with van der Waals surface area (Å²) in [5, 5.41) is 0.749. The van der Waals surface area contributed by atoms with Gasteiger partial charge in [-0.05, 0) is 60.0 Å². The minimum atomic E-state index is -3.85. The maximum absolute atomic E-state index is 13.1. The number of rotatable bonds is 6. The van der Waals surface area contributed by atoms with E-state index in [-0.39, 0.29) is 10.8 Å². The maximum Gasteiger partial charge on any atom is 0.264 e. The van der Waals surface area contributed by atoms with Crippen molar-refractivity contribution in [2.75, 3.05) is 35.8 Å². The van der Waals surface area contributed by atoms with Crippen LogP contribution in [0.25, 0.3) is 10.9 Å². The van der Waals surface area contributed by atoms with Gasteiger partial charge in [-0.2, -0.15) is 0 Å². The first-order chi connectivity index (χ1) is 17.8. The van der Waals surface area contributed by atoms with Crippen LogP contribution in [-0.2, 0) is 10.0 Å². The molecule has 4 aromatic rings. The molecule has 0 atom stereocenters. The van der Waals surface area contributed by atoms with Gasteiger partial charge in [-0.15, -0.1) is 0 Å². The molecule has 2 heterocycles. The fourth-order valence-corrected chi connectivity index (χ4v) is 5.85. The van der Waals surface area contributed by atoms with E-state index in [2.05, 4.69) is 52.7 Å². The lowest BCUT2D eigenvalue weighted by Crippen LogP contribution is -2.48. The van der Waals surface area contributed by atoms with E-state index in [1.54, 1.807) is 42.6 Å². The van der Waals surface area contributed by atoms with Gasteiger partial charge in [-0.3, -0.25) is 14.5 Å². The molecule has 1 fully saturated rings. The van der Waals surface area contributed by atoms with Crippen LogP contribution in [0.3, 0.4) is 0 Å². The summed E-state index contributed by atoms with van der Waals surface area (Å²) < 4.78 is 28.7. The highest BCUT2D eigenvalue weighted by molar-refractivity contribution is 7.93. The predicted molar refractivity (Wildman–Crippen MR) is 148 cm³/mol. The van der Waals surface area contributed by atoms with Gasteiger partial charge in [0.2, 0.25) is 0 Å². The van der Waals surface area contributed by atoms with Crippen molar-refractivity contribution in [2.45, 2.75) is 24.7 Å². The van der Waals surface area contributed by atoms with Crippen molar-refractivity contribution in [3.63, 3.8) is 0 Å². The van der Waals surface area contributed by atoms with Gasteiger partial charge in [0.15, 0.2) is 0 Å². The molecular weight excluding hydrogens is 484 g/mol. The van der Waals surface area contributed by atoms with E-state index in [0.717, 1.165) is 18.5 Å². The molecule has 7 nitrogen and oxygen atoms in total. The topological polar surface area (TPSA) is 82.6 Å². The molecule has 0 spiro atoms. The number of piperazine rings is 1. The molecule has 1 aliphatic rings. The van der Waals surface area contributed by atoms with E-state index < -0.39 is 10.0 Å². The summed E-state index contributed by atoms with van der Waals surface area (Å²) in [6, 6.07) is 23.8. The molecule has 190 valence electrons. The molecule has 1 saturated heterocycles. The fourth-order valence-electron chi connectivity index (χ4n) is 4.61. The molecule has 1 N–H and O–H groups in total. The Hall–Kier alpha value is -3.91. The Labute approximate surface area is 217 Å². The summed E-state index contributed by atoms with van der Waals surface area (Å²) in [5.41, 5.74) is 3.84. The van der Waals surface area contributed by atoms with Crippen LogP contribution in [0, 0.1) is 0 Å². The molecule has 3 aromatic carbocycles. The number of carbonyl (C=O) groups excluding carboxylic acids is 1. The van der Waals surface area contributed by atoms with Crippen LogP contribution in [0.5, 0.6) is 0 Å². The molecule has 37 heavy (non-hydrogen) atoms. The third-order valence-corrected chi connectivity index (χ3v) is 8.15. The summed E-state index contributed by atoms with van der Waals surface area (Å²) in [4.78, 5) is 21.6. The molecule has 0 bridgehead atoms. The van der Waals surface area contributed by atoms with E-state index in [0.29, 0.717) is 35.8 Å². The second-order valence-corrected chi connectivity index (χ2v) is 11.2. The van der Waals surface area contributed by atoms with Crippen LogP contribution in [0.15, 0.2) is 90.0 Å². The number of para-hydroxylation sites is 1. The van der Waals surface area contributed by atoms with Crippen LogP contribution in [0.2, 0.25) is 0 Å². The Bertz CT molecular complexity index is 1520. The molecule has 0 saturated carbocycles. The van der Waals surface area contributed by atoms with Crippen molar-refractivity contribution in [3.8, 4) is 0 Å². The van der Waals surface area contributed by atoms with Crippen LogP contribution in [0.1, 0.15) is 35.7 Å². The van der Waals surface area contributed by atoms with Crippen molar-refractivity contribution >= 4 is 38.2 Å². The zero-order chi connectivity index (χ0) is 26.0. The first kappa shape index (κ1) is 24.8. The summed E-state index contributed by atoms with van der Waals surface area (Å²) in [5.74, 6) is 0.419. The molecule has 1 amide bonds. The highest BCUT2D eigenvalue weighted by atomic mass is 32.2. The molecule has 5 rings (SSSR count). The molecule has 0 unspecified atom stereocenters. The first-order valence-electron chi connectivity index (χ1n) is 12.4. The number of amides is 1. The third-order valence-electron chi connectivity index (χ3n) is 6.74. The number of sulfonamides is 1. The van der Waals surface area contributed by atoms with Gasteiger partial charge in [0, 0.05) is 54.7 Å². The third kappa shape index (κ3) is 5.29. The number of benzene rings is 3. The van der Waals surface area contributed by atoms with Gasteiger partial charge < -0.3 is 9.80 Å². The van der Waals surface area contributed by atoms with Gasteiger partial charge in [-0.25, -0.2) is 8.42 Å². The normalized spacial score (nSPS) is 14.2. The Morgan fingerprint density at radius 1 is 0.892 bits per heavy atom. The molecule has 1 aromatic heterocycles. The highest BCUT2D eigenvalue weighted by Crippen LogP contribution is 2.25. The van der Waals surface area contributed by atoms with Crippen LogP contribution in [-0.4, -0.2) is 50.4 Å². The molecular formula is C29H30N4O3S. The molecule has 1 aliphatic heterocycles. The second-order valence-electron chi connectivity index (χ2n) is 9.54. The minimum absolute atomic E-state index is 0.0526. The lowest BCUT2D eigenvalue weighted by atomic mass is 10.0. The maximum atomic E-state index is 13.1. The SMILES string of the molecule is CC(C)c1cccc(N2CCN(C(=O)c3ccc(NS(=O)(=O)c4cccc5cccnc45)cc3)CC2)c1. The Morgan fingerprint density at radius 3 is 2.32 bits per heavy atom. The molecule has 0 aliphatic carbocycles. The monoisotopic (exact) mass is 514 g/mol. The van der Waals surface area contributed by atoms with E-state index in [1.165, 1.54) is 17.3 Å². The second kappa shape index (κ2) is 10.2. The number of pyridine rings is 1. The number of nitrogens with zero attached hydrogens (tertiary/aromatic N) is 3. The van der Waals surface area contributed by atoms with Gasteiger partial charge in [0.05, 0.1) is 5.52 Å². The van der Waals surface area contributed by atoms with Crippen LogP contribution >= 0.6 is 0 Å². The number of anilines is 2. The molecule has 8 heteroatoms. The summed E-state index contributed by atoms with van der Waals surface area (Å²) in [7, 11) is -3.85. The highest BCUT2D eigenvalue weighted by Gasteiger charge is 2.23. The summed E-state index contributed by atoms with van der Waals surface area (Å²) >= 11 is 0. The predicted octanol–water partition coefficient (Wildman–Crippen LogP) is 5.12. The van der Waals surface area contributed by atoms with E-state index in [4.69, 9.17) is 0 Å². The van der Waals surface area contributed by atoms with Gasteiger partial charge in [-0.1, -0.05) is 44.2 Å². The van der Waals surface area contributed by atoms with Crippen molar-refractivity contribution in [2.24, 2.45) is 0 Å². The number of hydrogen-bond acceptors (Lipinski definition) is 5. The Balaban J connectivity index is 1.24.